The van der Waals surface area contributed by atoms with Crippen LogP contribution < -0.4 is 5.73 Å². The van der Waals surface area contributed by atoms with E-state index in [0.717, 1.165) is 0 Å². The lowest BCUT2D eigenvalue weighted by molar-refractivity contribution is -0.176. The molecule has 0 aromatic rings. The molecule has 0 unspecified atom stereocenters. The number of alkyl halides is 1. The molecule has 1 saturated carbocycles. The monoisotopic (exact) mass is 235 g/mol. The Kier molecular flexibility index (Phi) is 3.20. The van der Waals surface area contributed by atoms with E-state index in [-0.39, 0.29) is 13.2 Å². The van der Waals surface area contributed by atoms with Gasteiger partial charge < -0.3 is 25.1 Å². The summed E-state index contributed by atoms with van der Waals surface area (Å²) in [4.78, 5) is 0. The zero-order valence-electron chi connectivity index (χ0n) is 9.43. The molecule has 2 rings (SSSR count). The Morgan fingerprint density at radius 3 is 2.62 bits per heavy atom. The SMILES string of the molecule is CC1(C)O[C@H]2[C@@H](O1)[C@H](N)[C@H](F)[C@@H]2OCCO. The van der Waals surface area contributed by atoms with Crippen LogP contribution in [0.25, 0.3) is 0 Å². The summed E-state index contributed by atoms with van der Waals surface area (Å²) in [5.41, 5.74) is 5.72. The third-order valence-corrected chi connectivity index (χ3v) is 2.95. The molecular weight excluding hydrogens is 217 g/mol. The number of aliphatic hydroxyl groups excluding tert-OH is 1. The van der Waals surface area contributed by atoms with Crippen molar-refractivity contribution >= 4 is 0 Å². The highest BCUT2D eigenvalue weighted by Crippen LogP contribution is 2.40. The number of ether oxygens (including phenoxy) is 3. The zero-order chi connectivity index (χ0) is 11.9. The van der Waals surface area contributed by atoms with Crippen molar-refractivity contribution in [1.29, 1.82) is 0 Å². The fraction of sp³-hybridized carbons (Fsp3) is 1.00. The van der Waals surface area contributed by atoms with Crippen molar-refractivity contribution in [2.24, 2.45) is 5.73 Å². The highest BCUT2D eigenvalue weighted by atomic mass is 19.1. The fourth-order valence-corrected chi connectivity index (χ4v) is 2.33. The van der Waals surface area contributed by atoms with E-state index in [1.807, 2.05) is 0 Å². The molecule has 1 heterocycles. The van der Waals surface area contributed by atoms with Crippen LogP contribution in [0.4, 0.5) is 4.39 Å². The van der Waals surface area contributed by atoms with Crippen molar-refractivity contribution in [3.05, 3.63) is 0 Å². The second-order valence-electron chi connectivity index (χ2n) is 4.65. The third-order valence-electron chi connectivity index (χ3n) is 2.95. The second kappa shape index (κ2) is 4.19. The first-order chi connectivity index (χ1) is 7.46. The van der Waals surface area contributed by atoms with Gasteiger partial charge in [0.1, 0.15) is 24.5 Å². The third kappa shape index (κ3) is 1.96. The van der Waals surface area contributed by atoms with E-state index >= 15 is 0 Å². The number of hydrogen-bond acceptors (Lipinski definition) is 5. The normalized spacial score (nSPS) is 45.9. The molecule has 2 fully saturated rings. The van der Waals surface area contributed by atoms with Gasteiger partial charge in [-0.3, -0.25) is 0 Å². The highest BCUT2D eigenvalue weighted by Gasteiger charge is 2.58. The molecule has 5 nitrogen and oxygen atoms in total. The van der Waals surface area contributed by atoms with Gasteiger partial charge in [0.2, 0.25) is 0 Å². The van der Waals surface area contributed by atoms with Gasteiger partial charge in [-0.05, 0) is 13.8 Å². The molecule has 0 spiro atoms. The molecule has 1 aliphatic heterocycles. The lowest BCUT2D eigenvalue weighted by Gasteiger charge is -2.24. The van der Waals surface area contributed by atoms with Gasteiger partial charge in [-0.1, -0.05) is 0 Å². The molecule has 0 amide bonds. The summed E-state index contributed by atoms with van der Waals surface area (Å²) >= 11 is 0. The predicted molar refractivity (Wildman–Crippen MR) is 53.5 cm³/mol. The van der Waals surface area contributed by atoms with Crippen LogP contribution in [0.3, 0.4) is 0 Å². The molecule has 0 bridgehead atoms. The fourth-order valence-electron chi connectivity index (χ4n) is 2.33. The molecule has 1 saturated heterocycles. The number of fused-ring (bicyclic) bond motifs is 1. The summed E-state index contributed by atoms with van der Waals surface area (Å²) in [7, 11) is 0. The van der Waals surface area contributed by atoms with Crippen molar-refractivity contribution in [3.63, 3.8) is 0 Å². The zero-order valence-corrected chi connectivity index (χ0v) is 9.43. The van der Waals surface area contributed by atoms with Crippen LogP contribution in [0.5, 0.6) is 0 Å². The minimum atomic E-state index is -1.32. The molecule has 0 aromatic heterocycles. The average Bonchev–Trinajstić information content (AvgIpc) is 2.62. The maximum Gasteiger partial charge on any atom is 0.163 e. The van der Waals surface area contributed by atoms with Gasteiger partial charge in [-0.25, -0.2) is 4.39 Å². The van der Waals surface area contributed by atoms with Crippen LogP contribution >= 0.6 is 0 Å². The van der Waals surface area contributed by atoms with E-state index in [4.69, 9.17) is 25.1 Å². The Balaban J connectivity index is 2.08. The van der Waals surface area contributed by atoms with Crippen LogP contribution in [0.1, 0.15) is 13.8 Å². The van der Waals surface area contributed by atoms with Crippen LogP contribution in [0.15, 0.2) is 0 Å². The van der Waals surface area contributed by atoms with Gasteiger partial charge >= 0.3 is 0 Å². The maximum atomic E-state index is 13.8. The Labute approximate surface area is 93.7 Å². The standard InChI is InChI=1S/C10H18FNO4/c1-10(2)15-8-6(12)5(11)7(9(8)16-10)14-4-3-13/h5-9,13H,3-4,12H2,1-2H3/t5-,6+,7-,8-,9+/m0/s1. The minimum Gasteiger partial charge on any atom is -0.394 e. The minimum absolute atomic E-state index is 0.0742. The lowest BCUT2D eigenvalue weighted by atomic mass is 10.2. The number of aliphatic hydroxyl groups is 1. The van der Waals surface area contributed by atoms with Gasteiger partial charge in [-0.15, -0.1) is 0 Å². The van der Waals surface area contributed by atoms with E-state index in [1.54, 1.807) is 13.8 Å². The van der Waals surface area contributed by atoms with E-state index in [2.05, 4.69) is 0 Å². The van der Waals surface area contributed by atoms with E-state index in [0.29, 0.717) is 0 Å². The highest BCUT2D eigenvalue weighted by molar-refractivity contribution is 5.07. The average molecular weight is 235 g/mol. The maximum absolute atomic E-state index is 13.8. The largest absolute Gasteiger partial charge is 0.394 e. The quantitative estimate of drug-likeness (QED) is 0.694. The summed E-state index contributed by atoms with van der Waals surface area (Å²) in [5.74, 6) is -0.756. The van der Waals surface area contributed by atoms with Gasteiger partial charge in [0.25, 0.3) is 0 Å². The lowest BCUT2D eigenvalue weighted by Crippen LogP contribution is -2.41. The van der Waals surface area contributed by atoms with Crippen LogP contribution in [0.2, 0.25) is 0 Å². The summed E-state index contributed by atoms with van der Waals surface area (Å²) in [6.07, 6.45) is -3.05. The Morgan fingerprint density at radius 1 is 1.38 bits per heavy atom. The molecule has 0 radical (unpaired) electrons. The molecule has 2 aliphatic rings. The van der Waals surface area contributed by atoms with Gasteiger partial charge in [0.05, 0.1) is 19.3 Å². The van der Waals surface area contributed by atoms with E-state index < -0.39 is 36.3 Å². The van der Waals surface area contributed by atoms with Crippen LogP contribution in [-0.4, -0.2) is 54.6 Å². The van der Waals surface area contributed by atoms with Crippen molar-refractivity contribution < 1.29 is 23.7 Å². The first kappa shape index (κ1) is 12.2. The predicted octanol–water partition coefficient (Wildman–Crippen LogP) is -0.437. The second-order valence-corrected chi connectivity index (χ2v) is 4.65. The summed E-state index contributed by atoms with van der Waals surface area (Å²) in [5, 5.41) is 8.67. The first-order valence-corrected chi connectivity index (χ1v) is 5.44. The van der Waals surface area contributed by atoms with Crippen molar-refractivity contribution in [2.75, 3.05) is 13.2 Å². The smallest absolute Gasteiger partial charge is 0.163 e. The number of nitrogens with two attached hydrogens (primary N) is 1. The molecule has 6 heteroatoms. The van der Waals surface area contributed by atoms with Gasteiger partial charge in [0, 0.05) is 0 Å². The number of rotatable bonds is 3. The van der Waals surface area contributed by atoms with Crippen molar-refractivity contribution in [1.82, 2.24) is 0 Å². The summed E-state index contributed by atoms with van der Waals surface area (Å²) in [6.45, 7) is 3.44. The molecule has 1 aliphatic carbocycles. The summed E-state index contributed by atoms with van der Waals surface area (Å²) < 4.78 is 30.1. The van der Waals surface area contributed by atoms with E-state index in [9.17, 15) is 4.39 Å². The van der Waals surface area contributed by atoms with Crippen molar-refractivity contribution in [3.8, 4) is 0 Å². The Hall–Kier alpha value is -0.270. The van der Waals surface area contributed by atoms with Gasteiger partial charge in [0.15, 0.2) is 5.79 Å². The molecule has 94 valence electrons. The van der Waals surface area contributed by atoms with Crippen LogP contribution in [-0.2, 0) is 14.2 Å². The molecule has 5 atom stereocenters. The Morgan fingerprint density at radius 2 is 2.00 bits per heavy atom. The first-order valence-electron chi connectivity index (χ1n) is 5.44. The number of halogens is 1. The molecule has 16 heavy (non-hydrogen) atoms. The molecule has 3 N–H and O–H groups in total. The van der Waals surface area contributed by atoms with Crippen molar-refractivity contribution in [2.45, 2.75) is 50.2 Å². The molecule has 0 aromatic carbocycles. The Bertz CT molecular complexity index is 263. The number of hydrogen-bond donors (Lipinski definition) is 2. The van der Waals surface area contributed by atoms with E-state index in [1.165, 1.54) is 0 Å². The van der Waals surface area contributed by atoms with Crippen LogP contribution in [0, 0.1) is 0 Å². The topological polar surface area (TPSA) is 73.9 Å². The molecular formula is C10H18FNO4. The summed E-state index contributed by atoms with van der Waals surface area (Å²) in [6, 6.07) is -0.740. The van der Waals surface area contributed by atoms with Gasteiger partial charge in [-0.2, -0.15) is 0 Å².